The Hall–Kier alpha value is -1.90. The van der Waals surface area contributed by atoms with Crippen molar-refractivity contribution in [2.24, 2.45) is 0 Å². The highest BCUT2D eigenvalue weighted by atomic mass is 19.1. The van der Waals surface area contributed by atoms with Crippen molar-refractivity contribution in [1.29, 1.82) is 0 Å². The molecular weight excluding hydrogens is 207 g/mol. The summed E-state index contributed by atoms with van der Waals surface area (Å²) in [6, 6.07) is 6.54. The van der Waals surface area contributed by atoms with Crippen molar-refractivity contribution in [2.75, 3.05) is 7.11 Å². The van der Waals surface area contributed by atoms with Gasteiger partial charge in [-0.25, -0.2) is 4.39 Å². The minimum Gasteiger partial charge on any atom is -0.494 e. The zero-order valence-corrected chi connectivity index (χ0v) is 9.08. The molecule has 2 nitrogen and oxygen atoms in total. The Balaban J connectivity index is 2.80. The van der Waals surface area contributed by atoms with Gasteiger partial charge in [0.05, 0.1) is 7.11 Å². The molecule has 3 heteroatoms. The summed E-state index contributed by atoms with van der Waals surface area (Å²) in [5, 5.41) is 1.60. The quantitative estimate of drug-likeness (QED) is 0.724. The molecule has 0 fully saturated rings. The number of hydrogen-bond acceptors (Lipinski definition) is 2. The van der Waals surface area contributed by atoms with Crippen LogP contribution < -0.4 is 4.74 Å². The van der Waals surface area contributed by atoms with Gasteiger partial charge in [0.2, 0.25) is 0 Å². The molecule has 0 aliphatic carbocycles. The lowest BCUT2D eigenvalue weighted by molar-refractivity contribution is 0.112. The van der Waals surface area contributed by atoms with Crippen LogP contribution >= 0.6 is 0 Å². The summed E-state index contributed by atoms with van der Waals surface area (Å²) in [7, 11) is 1.43. The van der Waals surface area contributed by atoms with E-state index in [1.165, 1.54) is 13.2 Å². The van der Waals surface area contributed by atoms with Gasteiger partial charge in [0.1, 0.15) is 6.29 Å². The first-order valence-electron chi connectivity index (χ1n) is 4.89. The summed E-state index contributed by atoms with van der Waals surface area (Å²) in [5.41, 5.74) is 1.37. The van der Waals surface area contributed by atoms with E-state index in [-0.39, 0.29) is 5.75 Å². The Morgan fingerprint density at radius 3 is 2.69 bits per heavy atom. The van der Waals surface area contributed by atoms with Crippen LogP contribution in [0.5, 0.6) is 5.75 Å². The number of carbonyl (C=O) groups is 1. The van der Waals surface area contributed by atoms with Crippen LogP contribution in [0, 0.1) is 12.7 Å². The smallest absolute Gasteiger partial charge is 0.165 e. The monoisotopic (exact) mass is 218 g/mol. The van der Waals surface area contributed by atoms with Crippen molar-refractivity contribution >= 4 is 17.1 Å². The number of aryl methyl sites for hydroxylation is 1. The number of hydrogen-bond donors (Lipinski definition) is 0. The second kappa shape index (κ2) is 3.93. The second-order valence-corrected chi connectivity index (χ2v) is 3.61. The molecule has 2 aromatic carbocycles. The highest BCUT2D eigenvalue weighted by Crippen LogP contribution is 2.27. The zero-order chi connectivity index (χ0) is 11.7. The molecule has 0 heterocycles. The van der Waals surface area contributed by atoms with Crippen LogP contribution in [-0.4, -0.2) is 13.4 Å². The van der Waals surface area contributed by atoms with Crippen LogP contribution in [0.4, 0.5) is 4.39 Å². The molecule has 0 saturated carbocycles. The number of halogens is 1. The highest BCUT2D eigenvalue weighted by Gasteiger charge is 2.08. The van der Waals surface area contributed by atoms with E-state index in [4.69, 9.17) is 4.74 Å². The molecule has 16 heavy (non-hydrogen) atoms. The number of methoxy groups -OCH3 is 1. The molecule has 0 amide bonds. The van der Waals surface area contributed by atoms with Gasteiger partial charge in [-0.3, -0.25) is 4.79 Å². The summed E-state index contributed by atoms with van der Waals surface area (Å²) in [6.07, 6.45) is 0.775. The third kappa shape index (κ3) is 1.54. The van der Waals surface area contributed by atoms with Gasteiger partial charge in [0.15, 0.2) is 11.6 Å². The van der Waals surface area contributed by atoms with E-state index in [0.717, 1.165) is 22.6 Å². The lowest BCUT2D eigenvalue weighted by atomic mass is 10.0. The third-order valence-corrected chi connectivity index (χ3v) is 2.73. The van der Waals surface area contributed by atoms with Gasteiger partial charge >= 0.3 is 0 Å². The minimum atomic E-state index is -0.416. The van der Waals surface area contributed by atoms with Gasteiger partial charge in [-0.05, 0) is 35.4 Å². The molecule has 0 unspecified atom stereocenters. The molecule has 0 N–H and O–H groups in total. The molecule has 0 atom stereocenters. The largest absolute Gasteiger partial charge is 0.494 e. The summed E-state index contributed by atoms with van der Waals surface area (Å²) in [4.78, 5) is 10.8. The van der Waals surface area contributed by atoms with Gasteiger partial charge in [0.25, 0.3) is 0 Å². The standard InChI is InChI=1S/C13H11FO2/c1-8-10(7-15)4-3-9-5-13(16-2)12(14)6-11(8)9/h3-7H,1-2H3. The fourth-order valence-electron chi connectivity index (χ4n) is 1.78. The van der Waals surface area contributed by atoms with E-state index in [1.807, 2.05) is 0 Å². The third-order valence-electron chi connectivity index (χ3n) is 2.73. The van der Waals surface area contributed by atoms with Gasteiger partial charge in [-0.2, -0.15) is 0 Å². The number of carbonyl (C=O) groups excluding carboxylic acids is 1. The molecular formula is C13H11FO2. The maximum Gasteiger partial charge on any atom is 0.165 e. The normalized spacial score (nSPS) is 10.4. The highest BCUT2D eigenvalue weighted by molar-refractivity contribution is 5.93. The van der Waals surface area contributed by atoms with Crippen LogP contribution in [0.25, 0.3) is 10.8 Å². The van der Waals surface area contributed by atoms with Crippen LogP contribution in [-0.2, 0) is 0 Å². The van der Waals surface area contributed by atoms with Crippen LogP contribution in [0.2, 0.25) is 0 Å². The molecule has 0 bridgehead atoms. The van der Waals surface area contributed by atoms with Crippen molar-refractivity contribution in [2.45, 2.75) is 6.92 Å². The van der Waals surface area contributed by atoms with Crippen molar-refractivity contribution in [3.05, 3.63) is 41.2 Å². The molecule has 0 saturated heterocycles. The second-order valence-electron chi connectivity index (χ2n) is 3.61. The van der Waals surface area contributed by atoms with E-state index >= 15 is 0 Å². The van der Waals surface area contributed by atoms with Crippen LogP contribution in [0.15, 0.2) is 24.3 Å². The van der Waals surface area contributed by atoms with Crippen molar-refractivity contribution in [3.8, 4) is 5.75 Å². The number of aldehydes is 1. The van der Waals surface area contributed by atoms with Gasteiger partial charge < -0.3 is 4.74 Å². The van der Waals surface area contributed by atoms with Crippen LogP contribution in [0.3, 0.4) is 0 Å². The predicted molar refractivity (Wildman–Crippen MR) is 60.6 cm³/mol. The van der Waals surface area contributed by atoms with Crippen molar-refractivity contribution < 1.29 is 13.9 Å². The zero-order valence-electron chi connectivity index (χ0n) is 9.08. The number of fused-ring (bicyclic) bond motifs is 1. The number of ether oxygens (including phenoxy) is 1. The van der Waals surface area contributed by atoms with Crippen LogP contribution in [0.1, 0.15) is 15.9 Å². The number of rotatable bonds is 2. The van der Waals surface area contributed by atoms with Gasteiger partial charge in [-0.1, -0.05) is 12.1 Å². The Morgan fingerprint density at radius 2 is 2.06 bits per heavy atom. The van der Waals surface area contributed by atoms with E-state index in [2.05, 4.69) is 0 Å². The van der Waals surface area contributed by atoms with E-state index in [0.29, 0.717) is 5.56 Å². The lowest BCUT2D eigenvalue weighted by Crippen LogP contribution is -1.92. The first-order chi connectivity index (χ1) is 7.67. The maximum atomic E-state index is 13.5. The molecule has 0 radical (unpaired) electrons. The fraction of sp³-hybridized carbons (Fsp3) is 0.154. The first kappa shape index (κ1) is 10.6. The lowest BCUT2D eigenvalue weighted by Gasteiger charge is -2.08. The van der Waals surface area contributed by atoms with Crippen molar-refractivity contribution in [1.82, 2.24) is 0 Å². The fourth-order valence-corrected chi connectivity index (χ4v) is 1.78. The van der Waals surface area contributed by atoms with Gasteiger partial charge in [0, 0.05) is 5.56 Å². The average Bonchev–Trinajstić information content (AvgIpc) is 2.30. The Morgan fingerprint density at radius 1 is 1.31 bits per heavy atom. The van der Waals surface area contributed by atoms with Crippen molar-refractivity contribution in [3.63, 3.8) is 0 Å². The average molecular weight is 218 g/mol. The number of benzene rings is 2. The van der Waals surface area contributed by atoms with E-state index in [9.17, 15) is 9.18 Å². The maximum absolute atomic E-state index is 13.5. The van der Waals surface area contributed by atoms with E-state index < -0.39 is 5.82 Å². The Labute approximate surface area is 92.6 Å². The summed E-state index contributed by atoms with van der Waals surface area (Å²) in [6.45, 7) is 1.80. The summed E-state index contributed by atoms with van der Waals surface area (Å²) < 4.78 is 18.4. The Bertz CT molecular complexity index is 561. The predicted octanol–water partition coefficient (Wildman–Crippen LogP) is 3.11. The topological polar surface area (TPSA) is 26.3 Å². The molecule has 0 aromatic heterocycles. The molecule has 0 spiro atoms. The SMILES string of the molecule is COc1cc2ccc(C=O)c(C)c2cc1F. The summed E-state index contributed by atoms with van der Waals surface area (Å²) >= 11 is 0. The molecule has 2 aromatic rings. The molecule has 2 rings (SSSR count). The minimum absolute atomic E-state index is 0.214. The molecule has 0 aliphatic heterocycles. The first-order valence-corrected chi connectivity index (χ1v) is 4.89. The Kier molecular flexibility index (Phi) is 2.60. The molecule has 0 aliphatic rings. The summed E-state index contributed by atoms with van der Waals surface area (Å²) in [5.74, 6) is -0.202. The molecule has 82 valence electrons. The van der Waals surface area contributed by atoms with E-state index in [1.54, 1.807) is 25.1 Å². The van der Waals surface area contributed by atoms with Gasteiger partial charge in [-0.15, -0.1) is 0 Å².